The average molecular weight is 475 g/mol. The molecular weight excluding hydrogens is 448 g/mol. The smallest absolute Gasteiger partial charge is 0.407 e. The number of nitrogens with one attached hydrogen (secondary N) is 2. The Kier molecular flexibility index (Phi) is 6.46. The van der Waals surface area contributed by atoms with Gasteiger partial charge in [-0.05, 0) is 54.3 Å². The highest BCUT2D eigenvalue weighted by atomic mass is 16.5. The highest BCUT2D eigenvalue weighted by Crippen LogP contribution is 2.44. The summed E-state index contributed by atoms with van der Waals surface area (Å²) in [6, 6.07) is 19.7. The molecule has 3 aromatic carbocycles. The fraction of sp³-hybridized carbons (Fsp3) is 0.222. The molecule has 2 amide bonds. The molecule has 8 heteroatoms. The molecule has 35 heavy (non-hydrogen) atoms. The van der Waals surface area contributed by atoms with Crippen molar-refractivity contribution in [2.24, 2.45) is 5.41 Å². The number of alkyl carbamates (subject to hydrolysis) is 1. The molecule has 0 fully saturated rings. The molecule has 0 unspecified atom stereocenters. The highest BCUT2D eigenvalue weighted by molar-refractivity contribution is 5.98. The number of phenolic OH excluding ortho intramolecular Hbond substituents is 1. The van der Waals surface area contributed by atoms with E-state index >= 15 is 0 Å². The third-order valence-electron chi connectivity index (χ3n) is 6.12. The number of aromatic hydroxyl groups is 1. The molecule has 8 nitrogen and oxygen atoms in total. The van der Waals surface area contributed by atoms with Crippen molar-refractivity contribution in [3.63, 3.8) is 0 Å². The van der Waals surface area contributed by atoms with Crippen molar-refractivity contribution in [1.82, 2.24) is 5.32 Å². The molecule has 0 radical (unpaired) electrons. The summed E-state index contributed by atoms with van der Waals surface area (Å²) < 4.78 is 5.51. The van der Waals surface area contributed by atoms with E-state index in [4.69, 9.17) is 9.84 Å². The second-order valence-electron chi connectivity index (χ2n) is 9.05. The summed E-state index contributed by atoms with van der Waals surface area (Å²) in [6.45, 7) is 3.35. The maximum absolute atomic E-state index is 12.8. The second-order valence-corrected chi connectivity index (χ2v) is 9.05. The second kappa shape index (κ2) is 9.50. The van der Waals surface area contributed by atoms with Crippen LogP contribution in [0.2, 0.25) is 0 Å². The van der Waals surface area contributed by atoms with E-state index in [0.717, 1.165) is 22.3 Å². The number of carbonyl (C=O) groups is 3. The lowest BCUT2D eigenvalue weighted by atomic mass is 9.92. The quantitative estimate of drug-likeness (QED) is 0.371. The zero-order chi connectivity index (χ0) is 25.2. The zero-order valence-corrected chi connectivity index (χ0v) is 19.4. The molecule has 1 aliphatic carbocycles. The molecule has 0 heterocycles. The number of benzene rings is 3. The number of rotatable bonds is 7. The van der Waals surface area contributed by atoms with E-state index in [1.54, 1.807) is 13.8 Å². The first-order valence-corrected chi connectivity index (χ1v) is 11.1. The van der Waals surface area contributed by atoms with Crippen LogP contribution in [0.5, 0.6) is 5.75 Å². The molecule has 0 aromatic heterocycles. The highest BCUT2D eigenvalue weighted by Gasteiger charge is 2.31. The molecule has 0 saturated carbocycles. The van der Waals surface area contributed by atoms with Crippen LogP contribution in [0.3, 0.4) is 0 Å². The Morgan fingerprint density at radius 1 is 0.943 bits per heavy atom. The van der Waals surface area contributed by atoms with Gasteiger partial charge < -0.3 is 25.6 Å². The number of hydrogen-bond acceptors (Lipinski definition) is 5. The number of anilines is 1. The molecular formula is C27H26N2O6. The minimum Gasteiger partial charge on any atom is -0.506 e. The molecule has 0 atom stereocenters. The Morgan fingerprint density at radius 3 is 2.14 bits per heavy atom. The van der Waals surface area contributed by atoms with Crippen LogP contribution in [-0.2, 0) is 9.53 Å². The predicted octanol–water partition coefficient (Wildman–Crippen LogP) is 4.59. The summed E-state index contributed by atoms with van der Waals surface area (Å²) in [4.78, 5) is 36.4. The van der Waals surface area contributed by atoms with Gasteiger partial charge in [-0.25, -0.2) is 9.59 Å². The van der Waals surface area contributed by atoms with Gasteiger partial charge in [-0.3, -0.25) is 4.79 Å². The van der Waals surface area contributed by atoms with Gasteiger partial charge in [0.2, 0.25) is 5.91 Å². The summed E-state index contributed by atoms with van der Waals surface area (Å²) in [5.41, 5.74) is 3.29. The van der Waals surface area contributed by atoms with Crippen LogP contribution < -0.4 is 10.6 Å². The van der Waals surface area contributed by atoms with Crippen molar-refractivity contribution in [1.29, 1.82) is 0 Å². The lowest BCUT2D eigenvalue weighted by Gasteiger charge is -2.24. The van der Waals surface area contributed by atoms with Crippen LogP contribution in [0.4, 0.5) is 10.5 Å². The number of aromatic carboxylic acids is 1. The fourth-order valence-electron chi connectivity index (χ4n) is 4.08. The molecule has 0 saturated heterocycles. The number of ether oxygens (including phenoxy) is 1. The van der Waals surface area contributed by atoms with Gasteiger partial charge >= 0.3 is 12.1 Å². The largest absolute Gasteiger partial charge is 0.506 e. The molecule has 3 aromatic rings. The van der Waals surface area contributed by atoms with E-state index in [9.17, 15) is 19.5 Å². The third-order valence-corrected chi connectivity index (χ3v) is 6.12. The van der Waals surface area contributed by atoms with Crippen LogP contribution >= 0.6 is 0 Å². The van der Waals surface area contributed by atoms with E-state index in [2.05, 4.69) is 22.8 Å². The fourth-order valence-corrected chi connectivity index (χ4v) is 4.08. The van der Waals surface area contributed by atoms with Gasteiger partial charge in [0.15, 0.2) is 0 Å². The third kappa shape index (κ3) is 4.96. The lowest BCUT2D eigenvalue weighted by molar-refractivity contribution is -0.123. The first kappa shape index (κ1) is 23.8. The summed E-state index contributed by atoms with van der Waals surface area (Å²) in [6.07, 6.45) is -0.650. The van der Waals surface area contributed by atoms with Crippen LogP contribution in [-0.4, -0.2) is 41.3 Å². The number of fused-ring (bicyclic) bond motifs is 3. The number of hydrogen-bond donors (Lipinski definition) is 4. The van der Waals surface area contributed by atoms with Gasteiger partial charge in [0.1, 0.15) is 12.4 Å². The molecule has 4 N–H and O–H groups in total. The van der Waals surface area contributed by atoms with Gasteiger partial charge in [0, 0.05) is 12.5 Å². The minimum absolute atomic E-state index is 0.0240. The van der Waals surface area contributed by atoms with Gasteiger partial charge in [-0.1, -0.05) is 48.5 Å². The number of amides is 2. The van der Waals surface area contributed by atoms with E-state index in [1.807, 2.05) is 36.4 Å². The summed E-state index contributed by atoms with van der Waals surface area (Å²) in [5, 5.41) is 24.2. The molecule has 4 rings (SSSR count). The molecule has 0 aliphatic heterocycles. The first-order valence-electron chi connectivity index (χ1n) is 11.1. The molecule has 180 valence electrons. The number of carboxylic acids is 1. The number of carboxylic acid groups (broad SMARTS) is 1. The van der Waals surface area contributed by atoms with Crippen molar-refractivity contribution in [2.75, 3.05) is 18.5 Å². The Balaban J connectivity index is 1.35. The topological polar surface area (TPSA) is 125 Å². The monoisotopic (exact) mass is 474 g/mol. The van der Waals surface area contributed by atoms with Gasteiger partial charge in [-0.2, -0.15) is 0 Å². The normalized spacial score (nSPS) is 12.4. The SMILES string of the molecule is CC(C)(CNC(=O)OCC1c2ccccc2-c2ccccc21)C(=O)Nc1cc(C(=O)O)ccc1O. The number of carbonyl (C=O) groups excluding carboxylic acids is 2. The minimum atomic E-state index is -1.18. The van der Waals surface area contributed by atoms with E-state index in [0.29, 0.717) is 0 Å². The predicted molar refractivity (Wildman–Crippen MR) is 131 cm³/mol. The molecule has 0 bridgehead atoms. The van der Waals surface area contributed by atoms with Gasteiger partial charge in [0.05, 0.1) is 16.7 Å². The average Bonchev–Trinajstić information content (AvgIpc) is 3.16. The summed E-state index contributed by atoms with van der Waals surface area (Å²) in [5.74, 6) is -2.02. The summed E-state index contributed by atoms with van der Waals surface area (Å²) in [7, 11) is 0. The van der Waals surface area contributed by atoms with Crippen LogP contribution in [0.25, 0.3) is 11.1 Å². The van der Waals surface area contributed by atoms with Crippen molar-refractivity contribution >= 4 is 23.7 Å². The van der Waals surface area contributed by atoms with Crippen LogP contribution in [0, 0.1) is 5.41 Å². The Morgan fingerprint density at radius 2 is 1.54 bits per heavy atom. The van der Waals surface area contributed by atoms with Crippen molar-refractivity contribution in [3.05, 3.63) is 83.4 Å². The number of phenols is 1. The van der Waals surface area contributed by atoms with E-state index in [1.165, 1.54) is 18.2 Å². The maximum Gasteiger partial charge on any atom is 0.407 e. The van der Waals surface area contributed by atoms with Crippen molar-refractivity contribution in [3.8, 4) is 16.9 Å². The van der Waals surface area contributed by atoms with Crippen molar-refractivity contribution in [2.45, 2.75) is 19.8 Å². The van der Waals surface area contributed by atoms with Crippen molar-refractivity contribution < 1.29 is 29.3 Å². The molecule has 1 aliphatic rings. The van der Waals surface area contributed by atoms with E-state index < -0.39 is 23.4 Å². The van der Waals surface area contributed by atoms with E-state index in [-0.39, 0.29) is 36.1 Å². The first-order chi connectivity index (χ1) is 16.7. The standard InChI is InChI=1S/C27H26N2O6/c1-27(2,25(33)29-22-13-16(24(31)32)11-12-23(22)30)15-28-26(34)35-14-21-19-9-5-3-7-17(19)18-8-4-6-10-20(18)21/h3-13,21,30H,14-15H2,1-2H3,(H,28,34)(H,29,33)(H,31,32). The lowest BCUT2D eigenvalue weighted by Crippen LogP contribution is -2.42. The van der Waals surface area contributed by atoms with Gasteiger partial charge in [-0.15, -0.1) is 0 Å². The Hall–Kier alpha value is -4.33. The summed E-state index contributed by atoms with van der Waals surface area (Å²) >= 11 is 0. The van der Waals surface area contributed by atoms with Crippen LogP contribution in [0.15, 0.2) is 66.7 Å². The van der Waals surface area contributed by atoms with Gasteiger partial charge in [0.25, 0.3) is 0 Å². The molecule has 0 spiro atoms. The maximum atomic E-state index is 12.8. The zero-order valence-electron chi connectivity index (χ0n) is 19.4. The van der Waals surface area contributed by atoms with Crippen LogP contribution in [0.1, 0.15) is 41.3 Å². The Bertz CT molecular complexity index is 1250. The Labute approximate surface area is 202 Å².